The number of fused-ring (bicyclic) bond motifs is 2. The van der Waals surface area contributed by atoms with Crippen molar-refractivity contribution >= 4 is 17.0 Å². The topological polar surface area (TPSA) is 46.3 Å². The fourth-order valence-corrected chi connectivity index (χ4v) is 8.01. The zero-order chi connectivity index (χ0) is 32.0. The minimum Gasteiger partial charge on any atom is -0.366 e. The second-order valence-corrected chi connectivity index (χ2v) is 14.0. The maximum atomic E-state index is 5.35. The highest BCUT2D eigenvalue weighted by Crippen LogP contribution is 2.55. The predicted octanol–water partition coefficient (Wildman–Crippen LogP) is 9.99. The van der Waals surface area contributed by atoms with Crippen LogP contribution in [-0.4, -0.2) is 24.5 Å². The second kappa shape index (κ2) is 12.1. The number of hydrogen-bond acceptors (Lipinski definition) is 3. The molecule has 0 spiro atoms. The van der Waals surface area contributed by atoms with Gasteiger partial charge >= 0.3 is 0 Å². The molecule has 8 rings (SSSR count). The molecule has 3 aliphatic carbocycles. The van der Waals surface area contributed by atoms with Crippen LogP contribution in [0.3, 0.4) is 0 Å². The summed E-state index contributed by atoms with van der Waals surface area (Å²) in [5.41, 5.74) is 14.2. The van der Waals surface area contributed by atoms with E-state index in [0.717, 1.165) is 24.2 Å². The molecule has 1 aliphatic heterocycles. The molecule has 0 aromatic heterocycles. The molecule has 47 heavy (non-hydrogen) atoms. The Morgan fingerprint density at radius 1 is 0.830 bits per heavy atom. The van der Waals surface area contributed by atoms with E-state index >= 15 is 0 Å². The summed E-state index contributed by atoms with van der Waals surface area (Å²) in [4.78, 5) is 5.35. The van der Waals surface area contributed by atoms with E-state index < -0.39 is 0 Å². The van der Waals surface area contributed by atoms with Gasteiger partial charge in [-0.2, -0.15) is 0 Å². The van der Waals surface area contributed by atoms with E-state index in [1.807, 2.05) is 0 Å². The summed E-state index contributed by atoms with van der Waals surface area (Å²) in [5, 5.41) is 7.61. The monoisotopic (exact) mass is 613 g/mol. The Bertz CT molecular complexity index is 1960. The lowest BCUT2D eigenvalue weighted by molar-refractivity contribution is 0.566. The summed E-state index contributed by atoms with van der Waals surface area (Å²) in [6, 6.07) is 35.7. The van der Waals surface area contributed by atoms with Crippen molar-refractivity contribution in [3.05, 3.63) is 156 Å². The van der Waals surface area contributed by atoms with E-state index in [-0.39, 0.29) is 11.5 Å². The Labute approximate surface area is 279 Å². The largest absolute Gasteiger partial charge is 0.366 e. The molecule has 4 unspecified atom stereocenters. The van der Waals surface area contributed by atoms with E-state index in [1.165, 1.54) is 44.5 Å². The molecule has 1 saturated heterocycles. The van der Waals surface area contributed by atoms with Crippen molar-refractivity contribution in [1.29, 1.82) is 0 Å². The molecular weight excluding hydrogens is 571 g/mol. The third-order valence-corrected chi connectivity index (χ3v) is 10.6. The van der Waals surface area contributed by atoms with Gasteiger partial charge in [0.1, 0.15) is 6.67 Å². The first kappa shape index (κ1) is 29.7. The molecule has 1 fully saturated rings. The molecule has 234 valence electrons. The smallest absolute Gasteiger partial charge is 0.108 e. The van der Waals surface area contributed by atoms with Gasteiger partial charge in [0, 0.05) is 22.7 Å². The zero-order valence-electron chi connectivity index (χ0n) is 27.6. The molecule has 0 bridgehead atoms. The fourth-order valence-electron chi connectivity index (χ4n) is 8.01. The number of rotatable bonds is 8. The van der Waals surface area contributed by atoms with Crippen molar-refractivity contribution in [1.82, 2.24) is 5.32 Å². The van der Waals surface area contributed by atoms with Crippen LogP contribution in [0.15, 0.2) is 144 Å². The normalized spacial score (nSPS) is 23.9. The van der Waals surface area contributed by atoms with Gasteiger partial charge in [0.05, 0.1) is 11.8 Å². The third-order valence-electron chi connectivity index (χ3n) is 10.6. The van der Waals surface area contributed by atoms with Gasteiger partial charge in [0.15, 0.2) is 0 Å². The van der Waals surface area contributed by atoms with E-state index in [1.54, 1.807) is 5.57 Å². The number of nitrogens with zero attached hydrogens (tertiary/aromatic N) is 1. The van der Waals surface area contributed by atoms with Gasteiger partial charge in [-0.05, 0) is 75.8 Å². The second-order valence-electron chi connectivity index (χ2n) is 14.0. The minimum absolute atomic E-state index is 0.0102. The predicted molar refractivity (Wildman–Crippen MR) is 199 cm³/mol. The number of allylic oxidation sites excluding steroid dienone is 7. The SMILES string of the molecule is CC1C=CC2=C(C1)C(C)(C)c1ccc(NCN=C(c3cccc(-c4ccccc4)c3)C3NC3C3C=CC=CC3)c(-c3ccccc3)c12. The van der Waals surface area contributed by atoms with Crippen LogP contribution in [-0.2, 0) is 5.41 Å². The number of benzene rings is 4. The van der Waals surface area contributed by atoms with E-state index in [4.69, 9.17) is 4.99 Å². The average molecular weight is 614 g/mol. The van der Waals surface area contributed by atoms with Crippen LogP contribution < -0.4 is 10.6 Å². The van der Waals surface area contributed by atoms with Crippen LogP contribution in [0.1, 0.15) is 50.3 Å². The highest BCUT2D eigenvalue weighted by atomic mass is 15.2. The van der Waals surface area contributed by atoms with E-state index in [2.05, 4.69) is 165 Å². The molecule has 3 nitrogen and oxygen atoms in total. The van der Waals surface area contributed by atoms with Crippen molar-refractivity contribution in [2.24, 2.45) is 16.8 Å². The van der Waals surface area contributed by atoms with Crippen LogP contribution in [0.2, 0.25) is 0 Å². The van der Waals surface area contributed by atoms with Gasteiger partial charge in [0.2, 0.25) is 0 Å². The van der Waals surface area contributed by atoms with Crippen LogP contribution in [0.4, 0.5) is 5.69 Å². The summed E-state index contributed by atoms with van der Waals surface area (Å²) in [5.74, 6) is 1.05. The zero-order valence-corrected chi connectivity index (χ0v) is 27.6. The van der Waals surface area contributed by atoms with E-state index in [0.29, 0.717) is 24.5 Å². The molecule has 0 amide bonds. The highest BCUT2D eigenvalue weighted by Gasteiger charge is 2.45. The Morgan fingerprint density at radius 3 is 2.36 bits per heavy atom. The summed E-state index contributed by atoms with van der Waals surface area (Å²) in [6.45, 7) is 7.63. The summed E-state index contributed by atoms with van der Waals surface area (Å²) < 4.78 is 0. The molecule has 4 aliphatic rings. The molecule has 4 aromatic carbocycles. The number of nitrogens with one attached hydrogen (secondary N) is 2. The molecule has 4 atom stereocenters. The summed E-state index contributed by atoms with van der Waals surface area (Å²) in [6.07, 6.45) is 15.9. The lowest BCUT2D eigenvalue weighted by Crippen LogP contribution is -2.20. The van der Waals surface area contributed by atoms with E-state index in [9.17, 15) is 0 Å². The van der Waals surface area contributed by atoms with Gasteiger partial charge in [0.25, 0.3) is 0 Å². The Hall–Kier alpha value is -4.73. The molecule has 2 N–H and O–H groups in total. The van der Waals surface area contributed by atoms with Gasteiger partial charge in [-0.25, -0.2) is 0 Å². The Balaban J connectivity index is 1.17. The average Bonchev–Trinajstić information content (AvgIpc) is 3.88. The first-order chi connectivity index (χ1) is 23.0. The van der Waals surface area contributed by atoms with Crippen molar-refractivity contribution in [2.75, 3.05) is 12.0 Å². The van der Waals surface area contributed by atoms with Gasteiger partial charge in [-0.1, -0.05) is 148 Å². The lowest BCUT2D eigenvalue weighted by Gasteiger charge is -2.27. The van der Waals surface area contributed by atoms with Crippen LogP contribution in [0.25, 0.3) is 27.8 Å². The van der Waals surface area contributed by atoms with Gasteiger partial charge < -0.3 is 10.6 Å². The highest BCUT2D eigenvalue weighted by molar-refractivity contribution is 6.07. The Kier molecular flexibility index (Phi) is 7.66. The van der Waals surface area contributed by atoms with Crippen LogP contribution in [0.5, 0.6) is 0 Å². The van der Waals surface area contributed by atoms with Gasteiger partial charge in [-0.3, -0.25) is 4.99 Å². The quantitative estimate of drug-likeness (QED) is 0.153. The fraction of sp³-hybridized carbons (Fsp3) is 0.250. The van der Waals surface area contributed by atoms with Crippen molar-refractivity contribution < 1.29 is 0 Å². The van der Waals surface area contributed by atoms with Crippen LogP contribution >= 0.6 is 0 Å². The standard InChI is InChI=1S/C44H43N3/c1-29-22-23-35-37(26-29)44(2,3)36-24-25-38(39(40(35)36)31-16-9-5-10-17-31)45-28-46-41(43-42(47-43)32-18-11-6-12-19-32)34-21-13-20-33(27-34)30-14-7-4-8-15-30/h4-18,20-25,27,29,32,42-43,45,47H,19,26,28H2,1-3H3. The molecule has 0 saturated carbocycles. The molecule has 0 radical (unpaired) electrons. The van der Waals surface area contributed by atoms with Crippen molar-refractivity contribution in [2.45, 2.75) is 51.1 Å². The van der Waals surface area contributed by atoms with Gasteiger partial charge in [-0.15, -0.1) is 0 Å². The first-order valence-corrected chi connectivity index (χ1v) is 17.2. The summed E-state index contributed by atoms with van der Waals surface area (Å²) >= 11 is 0. The first-order valence-electron chi connectivity index (χ1n) is 17.2. The van der Waals surface area contributed by atoms with Crippen LogP contribution in [0, 0.1) is 11.8 Å². The number of hydrogen-bond donors (Lipinski definition) is 2. The third kappa shape index (κ3) is 5.53. The Morgan fingerprint density at radius 2 is 1.60 bits per heavy atom. The molecular formula is C44H43N3. The van der Waals surface area contributed by atoms with Crippen molar-refractivity contribution in [3.8, 4) is 22.3 Å². The van der Waals surface area contributed by atoms with Crippen molar-refractivity contribution in [3.63, 3.8) is 0 Å². The molecule has 1 heterocycles. The molecule has 3 heteroatoms. The maximum absolute atomic E-state index is 5.35. The number of anilines is 1. The summed E-state index contributed by atoms with van der Waals surface area (Å²) in [7, 11) is 0. The minimum atomic E-state index is 0.0102. The number of aliphatic imine (C=N–C) groups is 1. The maximum Gasteiger partial charge on any atom is 0.108 e. The molecule has 4 aromatic rings. The lowest BCUT2D eigenvalue weighted by atomic mass is 9.76.